The molecule has 17 heteroatoms. The van der Waals surface area contributed by atoms with Gasteiger partial charge in [-0.2, -0.15) is 0 Å². The molecule has 0 saturated carbocycles. The Hall–Kier alpha value is -4.06. The van der Waals surface area contributed by atoms with Crippen molar-refractivity contribution < 1.29 is 34.0 Å². The number of carboxylic acid groups (broad SMARTS) is 1. The van der Waals surface area contributed by atoms with Crippen LogP contribution in [-0.2, 0) is 39.0 Å². The van der Waals surface area contributed by atoms with Crippen molar-refractivity contribution in [1.29, 1.82) is 0 Å². The molecule has 40 heavy (non-hydrogen) atoms. The minimum atomic E-state index is -1.23. The van der Waals surface area contributed by atoms with Crippen molar-refractivity contribution in [3.8, 4) is 0 Å². The maximum Gasteiger partial charge on any atom is 0.352 e. The lowest BCUT2D eigenvalue weighted by Crippen LogP contribution is -2.71. The standard InChI is InChI=1S/C23H22N8O6S3/c24-22-26-13(9-39-22)7-37-29-15(14-10-40-23(25)27-14)18(33)28-16-19(34)31-17(21(35)36)12(8-38-20(16)31)5-30-3-1-11(6-32)2-4-30/h1-4,9-10,16,20,32H,5-8H2,(H5-,24,25,26,27,28,33,35,36)/p+1/b29-15-/t16?,20-/m1/s1. The summed E-state index contributed by atoms with van der Waals surface area (Å²) in [7, 11) is 0. The van der Waals surface area contributed by atoms with Crippen molar-refractivity contribution in [2.45, 2.75) is 31.2 Å². The minimum Gasteiger partial charge on any atom is -0.477 e. The lowest BCUT2D eigenvalue weighted by molar-refractivity contribution is -0.689. The molecule has 2 atom stereocenters. The fourth-order valence-corrected chi connectivity index (χ4v) is 6.52. The van der Waals surface area contributed by atoms with Gasteiger partial charge in [0.05, 0.1) is 12.3 Å². The maximum absolute atomic E-state index is 13.2. The number of aromatic nitrogens is 3. The van der Waals surface area contributed by atoms with Gasteiger partial charge in [-0.1, -0.05) is 5.16 Å². The van der Waals surface area contributed by atoms with E-state index in [-0.39, 0.29) is 42.0 Å². The highest BCUT2D eigenvalue weighted by Crippen LogP contribution is 2.40. The third-order valence-corrected chi connectivity index (χ3v) is 8.71. The zero-order valence-electron chi connectivity index (χ0n) is 20.6. The Morgan fingerprint density at radius 2 is 1.93 bits per heavy atom. The number of hydrogen-bond donors (Lipinski definition) is 5. The van der Waals surface area contributed by atoms with Gasteiger partial charge in [0.2, 0.25) is 0 Å². The number of nitrogens with two attached hydrogens (primary N) is 2. The Kier molecular flexibility index (Phi) is 7.97. The van der Waals surface area contributed by atoms with E-state index in [1.54, 1.807) is 34.5 Å². The van der Waals surface area contributed by atoms with Crippen LogP contribution in [0.1, 0.15) is 17.0 Å². The summed E-state index contributed by atoms with van der Waals surface area (Å²) < 4.78 is 1.77. The predicted octanol–water partition coefficient (Wildman–Crippen LogP) is -0.0965. The van der Waals surface area contributed by atoms with Crippen LogP contribution in [-0.4, -0.2) is 65.7 Å². The van der Waals surface area contributed by atoms with Gasteiger partial charge in [0.25, 0.3) is 11.8 Å². The molecule has 5 rings (SSSR count). The van der Waals surface area contributed by atoms with E-state index >= 15 is 0 Å². The summed E-state index contributed by atoms with van der Waals surface area (Å²) in [5, 5.41) is 29.0. The molecule has 0 bridgehead atoms. The summed E-state index contributed by atoms with van der Waals surface area (Å²) in [6, 6.07) is 2.47. The number of carbonyl (C=O) groups excluding carboxylic acids is 2. The number of rotatable bonds is 10. The molecular weight excluding hydrogens is 581 g/mol. The Morgan fingerprint density at radius 1 is 1.20 bits per heavy atom. The molecule has 2 aliphatic rings. The Morgan fingerprint density at radius 3 is 2.55 bits per heavy atom. The highest BCUT2D eigenvalue weighted by atomic mass is 32.2. The van der Waals surface area contributed by atoms with Crippen LogP contribution in [0.2, 0.25) is 0 Å². The van der Waals surface area contributed by atoms with E-state index in [0.29, 0.717) is 22.2 Å². The topological polar surface area (TPSA) is 210 Å². The molecule has 1 fully saturated rings. The third-order valence-electron chi connectivity index (χ3n) is 5.97. The molecule has 208 valence electrons. The molecule has 0 radical (unpaired) electrons. The van der Waals surface area contributed by atoms with Crippen LogP contribution in [0.15, 0.2) is 51.7 Å². The second-order valence-electron chi connectivity index (χ2n) is 8.62. The van der Waals surface area contributed by atoms with Crippen LogP contribution >= 0.6 is 34.4 Å². The van der Waals surface area contributed by atoms with E-state index in [1.807, 2.05) is 0 Å². The van der Waals surface area contributed by atoms with Crippen molar-refractivity contribution in [2.75, 3.05) is 17.2 Å². The number of β-lactam (4-membered cyclic amide) rings is 1. The first-order valence-electron chi connectivity index (χ1n) is 11.7. The molecular formula is C23H23N8O6S3+. The number of carbonyl (C=O) groups is 3. The maximum atomic E-state index is 13.2. The van der Waals surface area contributed by atoms with Crippen LogP contribution in [0.4, 0.5) is 10.3 Å². The number of nitrogens with one attached hydrogen (secondary N) is 1. The summed E-state index contributed by atoms with van der Waals surface area (Å²) in [6.07, 6.45) is 3.46. The lowest BCUT2D eigenvalue weighted by Gasteiger charge is -2.49. The van der Waals surface area contributed by atoms with E-state index in [0.717, 1.165) is 16.9 Å². The first kappa shape index (κ1) is 27.5. The summed E-state index contributed by atoms with van der Waals surface area (Å²) in [5.74, 6) is -2.19. The van der Waals surface area contributed by atoms with Crippen LogP contribution in [0, 0.1) is 0 Å². The third kappa shape index (κ3) is 5.62. The second-order valence-corrected chi connectivity index (χ2v) is 11.5. The first-order chi connectivity index (χ1) is 19.2. The zero-order chi connectivity index (χ0) is 28.4. The monoisotopic (exact) mass is 603 g/mol. The van der Waals surface area contributed by atoms with Gasteiger partial charge >= 0.3 is 5.97 Å². The van der Waals surface area contributed by atoms with Crippen molar-refractivity contribution in [3.63, 3.8) is 0 Å². The number of anilines is 2. The molecule has 3 aromatic heterocycles. The Labute approximate surface area is 239 Å². The van der Waals surface area contributed by atoms with Crippen LogP contribution < -0.4 is 21.4 Å². The molecule has 0 spiro atoms. The number of fused-ring (bicyclic) bond motifs is 1. The van der Waals surface area contributed by atoms with E-state index < -0.39 is 29.2 Å². The summed E-state index contributed by atoms with van der Waals surface area (Å²) >= 11 is 3.68. The number of aliphatic hydroxyl groups is 1. The van der Waals surface area contributed by atoms with E-state index in [2.05, 4.69) is 20.4 Å². The number of thioether (sulfide) groups is 1. The average molecular weight is 604 g/mol. The van der Waals surface area contributed by atoms with Crippen molar-refractivity contribution in [2.24, 2.45) is 5.16 Å². The number of nitrogen functional groups attached to an aromatic ring is 2. The Balaban J connectivity index is 1.31. The van der Waals surface area contributed by atoms with Gasteiger partial charge in [0, 0.05) is 34.2 Å². The fraction of sp³-hybridized carbons (Fsp3) is 0.261. The minimum absolute atomic E-state index is 0.0466. The van der Waals surface area contributed by atoms with E-state index in [9.17, 15) is 24.6 Å². The molecule has 0 aliphatic carbocycles. The number of thiazole rings is 2. The largest absolute Gasteiger partial charge is 0.477 e. The molecule has 2 aliphatic heterocycles. The molecule has 3 aromatic rings. The van der Waals surface area contributed by atoms with E-state index in [4.69, 9.17) is 16.3 Å². The number of oxime groups is 1. The van der Waals surface area contributed by atoms with Crippen LogP contribution in [0.3, 0.4) is 0 Å². The second kappa shape index (κ2) is 11.6. The normalized spacial score (nSPS) is 18.8. The Bertz CT molecular complexity index is 1520. The molecule has 1 unspecified atom stereocenters. The summed E-state index contributed by atoms with van der Waals surface area (Å²) in [6.45, 7) is 0.0963. The van der Waals surface area contributed by atoms with Gasteiger partial charge in [-0.05, 0) is 5.56 Å². The summed E-state index contributed by atoms with van der Waals surface area (Å²) in [4.78, 5) is 53.2. The first-order valence-corrected chi connectivity index (χ1v) is 14.5. The van der Waals surface area contributed by atoms with Gasteiger partial charge in [0.15, 0.2) is 41.5 Å². The SMILES string of the molecule is Nc1nc(CO/N=C(\C(=O)NC2C(=O)N3C(C(=O)O)=C(C[n+]4ccc(CO)cc4)CS[C@H]23)c2csc(N)n2)cs1. The van der Waals surface area contributed by atoms with Gasteiger partial charge in [-0.25, -0.2) is 19.3 Å². The number of amides is 2. The highest BCUT2D eigenvalue weighted by Gasteiger charge is 2.54. The van der Waals surface area contributed by atoms with E-state index in [1.165, 1.54) is 33.4 Å². The van der Waals surface area contributed by atoms with Crippen LogP contribution in [0.5, 0.6) is 0 Å². The van der Waals surface area contributed by atoms with Crippen molar-refractivity contribution >= 4 is 68.2 Å². The smallest absolute Gasteiger partial charge is 0.352 e. The number of aliphatic hydroxyl groups excluding tert-OH is 1. The van der Waals surface area contributed by atoms with Gasteiger partial charge in [0.1, 0.15) is 22.8 Å². The van der Waals surface area contributed by atoms with Crippen molar-refractivity contribution in [1.82, 2.24) is 20.2 Å². The summed E-state index contributed by atoms with van der Waals surface area (Å²) in [5.41, 5.74) is 13.0. The number of pyridine rings is 1. The predicted molar refractivity (Wildman–Crippen MR) is 147 cm³/mol. The molecule has 7 N–H and O–H groups in total. The number of nitrogens with zero attached hydrogens (tertiary/aromatic N) is 5. The van der Waals surface area contributed by atoms with Crippen molar-refractivity contribution in [3.05, 3.63) is 63.5 Å². The van der Waals surface area contributed by atoms with Crippen LogP contribution in [0.25, 0.3) is 0 Å². The fourth-order valence-electron chi connectivity index (χ4n) is 4.09. The lowest BCUT2D eigenvalue weighted by atomic mass is 10.0. The molecule has 0 aromatic carbocycles. The quantitative estimate of drug-likeness (QED) is 0.0894. The molecule has 5 heterocycles. The number of carboxylic acids is 1. The van der Waals surface area contributed by atoms with Gasteiger partial charge < -0.3 is 31.8 Å². The molecule has 2 amide bonds. The molecule has 14 nitrogen and oxygen atoms in total. The highest BCUT2D eigenvalue weighted by molar-refractivity contribution is 8.00. The van der Waals surface area contributed by atoms with Gasteiger partial charge in [-0.15, -0.1) is 34.4 Å². The molecule has 1 saturated heterocycles. The number of aliphatic carboxylic acids is 1. The number of hydrogen-bond acceptors (Lipinski definition) is 13. The average Bonchev–Trinajstić information content (AvgIpc) is 3.56. The zero-order valence-corrected chi connectivity index (χ0v) is 23.0. The van der Waals surface area contributed by atoms with Gasteiger partial charge in [-0.3, -0.25) is 14.5 Å².